The molecule has 0 aromatic carbocycles. The molecule has 0 spiro atoms. The fourth-order valence-corrected chi connectivity index (χ4v) is 3.02. The molecule has 1 aliphatic heterocycles. The molecule has 9 heteroatoms. The predicted octanol–water partition coefficient (Wildman–Crippen LogP) is 1.61. The highest BCUT2D eigenvalue weighted by Gasteiger charge is 2.38. The summed E-state index contributed by atoms with van der Waals surface area (Å²) in [6, 6.07) is -0.219. The Morgan fingerprint density at radius 2 is 2.17 bits per heavy atom. The molecule has 1 saturated heterocycles. The maximum atomic E-state index is 13.4. The number of aromatic nitrogens is 2. The van der Waals surface area contributed by atoms with Crippen LogP contribution in [0.1, 0.15) is 28.8 Å². The molecule has 2 aromatic rings. The first kappa shape index (κ1) is 15.6. The fourth-order valence-electron chi connectivity index (χ4n) is 3.02. The van der Waals surface area contributed by atoms with E-state index >= 15 is 0 Å². The smallest absolute Gasteiger partial charge is 0.369 e. The predicted molar refractivity (Wildman–Crippen MR) is 79.0 cm³/mol. The number of hydrogen-bond donors (Lipinski definition) is 3. The number of anilines is 1. The summed E-state index contributed by atoms with van der Waals surface area (Å²) in [5, 5.41) is 0.0985. The summed E-state index contributed by atoms with van der Waals surface area (Å²) in [6.07, 6.45) is -1.10. The summed E-state index contributed by atoms with van der Waals surface area (Å²) >= 11 is 0. The zero-order valence-corrected chi connectivity index (χ0v) is 12.2. The van der Waals surface area contributed by atoms with Crippen LogP contribution >= 0.6 is 0 Å². The van der Waals surface area contributed by atoms with Gasteiger partial charge in [0.25, 0.3) is 5.91 Å². The molecule has 23 heavy (non-hydrogen) atoms. The minimum absolute atomic E-state index is 0.00672. The Bertz CT molecular complexity index is 755. The summed E-state index contributed by atoms with van der Waals surface area (Å²) in [5.74, 6) is -0.806. The van der Waals surface area contributed by atoms with E-state index in [0.29, 0.717) is 13.0 Å². The van der Waals surface area contributed by atoms with Gasteiger partial charge >= 0.3 is 6.18 Å². The van der Waals surface area contributed by atoms with Crippen molar-refractivity contribution in [1.29, 1.82) is 0 Å². The third-order valence-electron chi connectivity index (χ3n) is 4.02. The van der Waals surface area contributed by atoms with E-state index in [2.05, 4.69) is 9.97 Å². The number of pyridine rings is 1. The molecule has 0 saturated carbocycles. The van der Waals surface area contributed by atoms with Gasteiger partial charge in [0.15, 0.2) is 0 Å². The van der Waals surface area contributed by atoms with Crippen molar-refractivity contribution in [2.45, 2.75) is 25.1 Å². The monoisotopic (exact) mass is 327 g/mol. The lowest BCUT2D eigenvalue weighted by molar-refractivity contribution is -0.137. The Morgan fingerprint density at radius 3 is 2.78 bits per heavy atom. The van der Waals surface area contributed by atoms with Crippen molar-refractivity contribution in [3.63, 3.8) is 0 Å². The highest BCUT2D eigenvalue weighted by atomic mass is 19.4. The molecule has 1 amide bonds. The van der Waals surface area contributed by atoms with Gasteiger partial charge in [0.2, 0.25) is 0 Å². The van der Waals surface area contributed by atoms with E-state index in [1.165, 1.54) is 6.20 Å². The molecule has 2 aromatic heterocycles. The van der Waals surface area contributed by atoms with Gasteiger partial charge in [-0.15, -0.1) is 0 Å². The van der Waals surface area contributed by atoms with Gasteiger partial charge in [-0.05, 0) is 12.8 Å². The number of nitrogens with zero attached hydrogens (tertiary/aromatic N) is 2. The van der Waals surface area contributed by atoms with E-state index in [0.717, 1.165) is 12.6 Å². The average molecular weight is 327 g/mol. The van der Waals surface area contributed by atoms with Gasteiger partial charge in [-0.25, -0.2) is 4.98 Å². The summed E-state index contributed by atoms with van der Waals surface area (Å²) < 4.78 is 40.3. The van der Waals surface area contributed by atoms with Crippen LogP contribution in [-0.4, -0.2) is 35.0 Å². The van der Waals surface area contributed by atoms with Crippen molar-refractivity contribution in [2.24, 2.45) is 11.5 Å². The van der Waals surface area contributed by atoms with Crippen LogP contribution in [0.15, 0.2) is 12.4 Å². The number of carbonyl (C=O) groups is 1. The molecule has 3 heterocycles. The third-order valence-corrected chi connectivity index (χ3v) is 4.02. The number of piperidine rings is 1. The number of halogens is 3. The van der Waals surface area contributed by atoms with Crippen molar-refractivity contribution in [3.05, 3.63) is 23.5 Å². The number of alkyl halides is 3. The number of primary amides is 1. The number of aromatic amines is 1. The molecule has 124 valence electrons. The van der Waals surface area contributed by atoms with Gasteiger partial charge < -0.3 is 21.4 Å². The summed E-state index contributed by atoms with van der Waals surface area (Å²) in [4.78, 5) is 19.6. The van der Waals surface area contributed by atoms with E-state index in [9.17, 15) is 18.0 Å². The van der Waals surface area contributed by atoms with Crippen molar-refractivity contribution in [2.75, 3.05) is 18.0 Å². The Balaban J connectivity index is 2.29. The van der Waals surface area contributed by atoms with E-state index in [1.54, 1.807) is 4.90 Å². The van der Waals surface area contributed by atoms with Crippen LogP contribution in [0.2, 0.25) is 0 Å². The van der Waals surface area contributed by atoms with Crippen LogP contribution in [0.5, 0.6) is 0 Å². The van der Waals surface area contributed by atoms with Gasteiger partial charge in [0.1, 0.15) is 5.65 Å². The molecule has 1 aliphatic rings. The molecule has 1 fully saturated rings. The maximum absolute atomic E-state index is 13.4. The normalized spacial score (nSPS) is 19.3. The minimum Gasteiger partial charge on any atom is -0.369 e. The quantitative estimate of drug-likeness (QED) is 0.780. The lowest BCUT2D eigenvalue weighted by Gasteiger charge is -2.34. The van der Waals surface area contributed by atoms with Crippen LogP contribution in [0, 0.1) is 0 Å². The van der Waals surface area contributed by atoms with Crippen molar-refractivity contribution in [1.82, 2.24) is 9.97 Å². The number of nitrogens with one attached hydrogen (secondary N) is 1. The molecule has 5 N–H and O–H groups in total. The molecule has 1 atom stereocenters. The number of carbonyl (C=O) groups excluding carboxylic acids is 1. The topological polar surface area (TPSA) is 101 Å². The number of fused-ring (bicyclic) bond motifs is 1. The lowest BCUT2D eigenvalue weighted by atomic mass is 10.0. The average Bonchev–Trinajstić information content (AvgIpc) is 2.89. The number of amides is 1. The van der Waals surface area contributed by atoms with Gasteiger partial charge in [0, 0.05) is 31.5 Å². The van der Waals surface area contributed by atoms with Crippen LogP contribution < -0.4 is 16.4 Å². The molecule has 0 radical (unpaired) electrons. The maximum Gasteiger partial charge on any atom is 0.419 e. The van der Waals surface area contributed by atoms with Crippen molar-refractivity contribution in [3.8, 4) is 0 Å². The zero-order chi connectivity index (χ0) is 16.8. The highest BCUT2D eigenvalue weighted by Crippen LogP contribution is 2.41. The summed E-state index contributed by atoms with van der Waals surface area (Å²) in [6.45, 7) is 0.713. The standard InChI is InChI=1S/C14H16F3N5O/c15-14(16,17)9-5-21-13-10(8(4-20-13)12(19)23)11(9)22-3-1-2-7(18)6-22/h4-5,7H,1-3,6,18H2,(H2,19,23)(H,20,21)/t7-/m1/s1. The molecule has 3 rings (SSSR count). The molecular formula is C14H16F3N5O. The second-order valence-electron chi connectivity index (χ2n) is 5.66. The Labute approximate surface area is 129 Å². The summed E-state index contributed by atoms with van der Waals surface area (Å²) in [7, 11) is 0. The second kappa shape index (κ2) is 5.41. The molecule has 0 unspecified atom stereocenters. The number of H-pyrrole nitrogens is 1. The number of hydrogen-bond acceptors (Lipinski definition) is 4. The van der Waals surface area contributed by atoms with Crippen LogP contribution in [0.25, 0.3) is 11.0 Å². The summed E-state index contributed by atoms with van der Waals surface area (Å²) in [5.41, 5.74) is 10.4. The highest BCUT2D eigenvalue weighted by molar-refractivity contribution is 6.10. The first-order valence-electron chi connectivity index (χ1n) is 7.16. The molecule has 0 aliphatic carbocycles. The minimum atomic E-state index is -4.59. The first-order valence-corrected chi connectivity index (χ1v) is 7.16. The Hall–Kier alpha value is -2.29. The van der Waals surface area contributed by atoms with Crippen LogP contribution in [-0.2, 0) is 6.18 Å². The van der Waals surface area contributed by atoms with E-state index < -0.39 is 17.6 Å². The van der Waals surface area contributed by atoms with Gasteiger partial charge in [-0.3, -0.25) is 4.79 Å². The fraction of sp³-hybridized carbons (Fsp3) is 0.429. The zero-order valence-electron chi connectivity index (χ0n) is 12.2. The molecule has 0 bridgehead atoms. The van der Waals surface area contributed by atoms with Gasteiger partial charge in [-0.1, -0.05) is 0 Å². The second-order valence-corrected chi connectivity index (χ2v) is 5.66. The van der Waals surface area contributed by atoms with Crippen molar-refractivity contribution < 1.29 is 18.0 Å². The van der Waals surface area contributed by atoms with Gasteiger partial charge in [-0.2, -0.15) is 13.2 Å². The first-order chi connectivity index (χ1) is 10.8. The third kappa shape index (κ3) is 2.72. The number of nitrogens with two attached hydrogens (primary N) is 2. The molecular weight excluding hydrogens is 311 g/mol. The Morgan fingerprint density at radius 1 is 1.43 bits per heavy atom. The van der Waals surface area contributed by atoms with Crippen LogP contribution in [0.3, 0.4) is 0 Å². The SMILES string of the molecule is NC(=O)c1c[nH]c2ncc(C(F)(F)F)c(N3CCC[C@@H](N)C3)c12. The Kier molecular flexibility index (Phi) is 3.67. The molecule has 6 nitrogen and oxygen atoms in total. The van der Waals surface area contributed by atoms with E-state index in [1.807, 2.05) is 0 Å². The number of rotatable bonds is 2. The largest absolute Gasteiger partial charge is 0.419 e. The van der Waals surface area contributed by atoms with E-state index in [-0.39, 0.29) is 34.9 Å². The van der Waals surface area contributed by atoms with Crippen LogP contribution in [0.4, 0.5) is 18.9 Å². The lowest BCUT2D eigenvalue weighted by Crippen LogP contribution is -2.43. The van der Waals surface area contributed by atoms with Gasteiger partial charge in [0.05, 0.1) is 22.2 Å². The van der Waals surface area contributed by atoms with E-state index in [4.69, 9.17) is 11.5 Å². The van der Waals surface area contributed by atoms with Crippen molar-refractivity contribution >= 4 is 22.6 Å².